The minimum atomic E-state index is -1.52. The lowest BCUT2D eigenvalue weighted by Gasteiger charge is -2.12. The highest BCUT2D eigenvalue weighted by molar-refractivity contribution is 6.06. The molecule has 2 rings (SSSR count). The van der Waals surface area contributed by atoms with Crippen LogP contribution in [-0.4, -0.2) is 29.4 Å². The zero-order valence-corrected chi connectivity index (χ0v) is 8.02. The molecule has 78 valence electrons. The molecule has 1 aromatic carbocycles. The molecule has 1 saturated heterocycles. The molecule has 1 fully saturated rings. The van der Waals surface area contributed by atoms with Gasteiger partial charge < -0.3 is 0 Å². The summed E-state index contributed by atoms with van der Waals surface area (Å²) in [5.41, 5.74) is 0.417. The summed E-state index contributed by atoms with van der Waals surface area (Å²) in [5, 5.41) is 0. The zero-order valence-electron chi connectivity index (χ0n) is 8.02. The van der Waals surface area contributed by atoms with Crippen molar-refractivity contribution >= 4 is 11.8 Å². The Morgan fingerprint density at radius 2 is 2.00 bits per heavy atom. The van der Waals surface area contributed by atoms with E-state index in [9.17, 15) is 14.0 Å². The van der Waals surface area contributed by atoms with Gasteiger partial charge in [0.15, 0.2) is 6.17 Å². The summed E-state index contributed by atoms with van der Waals surface area (Å²) in [6.45, 7) is 0.174. The third kappa shape index (κ3) is 1.75. The molecule has 1 heterocycles. The molecule has 1 aromatic rings. The van der Waals surface area contributed by atoms with E-state index in [-0.39, 0.29) is 13.0 Å². The molecule has 0 aliphatic carbocycles. The van der Waals surface area contributed by atoms with Crippen molar-refractivity contribution in [3.8, 4) is 0 Å². The van der Waals surface area contributed by atoms with Gasteiger partial charge in [0, 0.05) is 18.5 Å². The summed E-state index contributed by atoms with van der Waals surface area (Å²) in [6, 6.07) is 8.42. The smallest absolute Gasteiger partial charge is 0.264 e. The Bertz CT molecular complexity index is 391. The molecular formula is C11H10FNO2. The van der Waals surface area contributed by atoms with Crippen LogP contribution in [0.25, 0.3) is 0 Å². The topological polar surface area (TPSA) is 37.4 Å². The standard InChI is InChI=1S/C11H10FNO2/c12-9-6-7-13(11(9)15)10(14)8-4-2-1-3-5-8/h1-5,9H,6-7H2. The Kier molecular flexibility index (Phi) is 2.49. The summed E-state index contributed by atoms with van der Waals surface area (Å²) in [4.78, 5) is 24.0. The first-order valence-electron chi connectivity index (χ1n) is 4.75. The van der Waals surface area contributed by atoms with E-state index in [1.54, 1.807) is 30.3 Å². The number of nitrogens with zero attached hydrogens (tertiary/aromatic N) is 1. The monoisotopic (exact) mass is 207 g/mol. The fourth-order valence-corrected chi connectivity index (χ4v) is 1.58. The first kappa shape index (κ1) is 9.83. The summed E-state index contributed by atoms with van der Waals surface area (Å²) >= 11 is 0. The number of hydrogen-bond acceptors (Lipinski definition) is 2. The van der Waals surface area contributed by atoms with Gasteiger partial charge in [-0.2, -0.15) is 0 Å². The van der Waals surface area contributed by atoms with Crippen molar-refractivity contribution in [2.45, 2.75) is 12.6 Å². The Hall–Kier alpha value is -1.71. The molecule has 4 heteroatoms. The van der Waals surface area contributed by atoms with Crippen molar-refractivity contribution in [1.29, 1.82) is 0 Å². The Morgan fingerprint density at radius 3 is 2.53 bits per heavy atom. The SMILES string of the molecule is O=C(c1ccccc1)N1CCC(F)C1=O. The second-order valence-corrected chi connectivity index (χ2v) is 3.42. The number of amides is 2. The lowest BCUT2D eigenvalue weighted by atomic mass is 10.2. The van der Waals surface area contributed by atoms with Crippen LogP contribution < -0.4 is 0 Å². The number of carbonyl (C=O) groups excluding carboxylic acids is 2. The lowest BCUT2D eigenvalue weighted by molar-refractivity contribution is -0.129. The maximum absolute atomic E-state index is 12.9. The van der Waals surface area contributed by atoms with E-state index in [0.29, 0.717) is 5.56 Å². The molecule has 3 nitrogen and oxygen atoms in total. The number of likely N-dealkylation sites (tertiary alicyclic amines) is 1. The molecule has 0 spiro atoms. The lowest BCUT2D eigenvalue weighted by Crippen LogP contribution is -2.34. The minimum absolute atomic E-state index is 0.109. The van der Waals surface area contributed by atoms with Gasteiger partial charge in [-0.15, -0.1) is 0 Å². The van der Waals surface area contributed by atoms with Gasteiger partial charge in [-0.25, -0.2) is 4.39 Å². The molecule has 1 aliphatic heterocycles. The summed E-state index contributed by atoms with van der Waals surface area (Å²) in [7, 11) is 0. The van der Waals surface area contributed by atoms with Crippen LogP contribution in [0.15, 0.2) is 30.3 Å². The molecule has 15 heavy (non-hydrogen) atoms. The number of alkyl halides is 1. The number of rotatable bonds is 1. The van der Waals surface area contributed by atoms with E-state index in [4.69, 9.17) is 0 Å². The van der Waals surface area contributed by atoms with Gasteiger partial charge >= 0.3 is 0 Å². The van der Waals surface area contributed by atoms with Crippen molar-refractivity contribution in [2.75, 3.05) is 6.54 Å². The zero-order chi connectivity index (χ0) is 10.8. The van der Waals surface area contributed by atoms with Crippen molar-refractivity contribution in [2.24, 2.45) is 0 Å². The van der Waals surface area contributed by atoms with Gasteiger partial charge in [0.25, 0.3) is 11.8 Å². The van der Waals surface area contributed by atoms with E-state index >= 15 is 0 Å². The molecule has 0 saturated carbocycles. The van der Waals surface area contributed by atoms with E-state index in [2.05, 4.69) is 0 Å². The molecule has 0 radical (unpaired) electrons. The second kappa shape index (κ2) is 3.81. The van der Waals surface area contributed by atoms with Crippen molar-refractivity contribution in [3.05, 3.63) is 35.9 Å². The second-order valence-electron chi connectivity index (χ2n) is 3.42. The van der Waals surface area contributed by atoms with Crippen LogP contribution >= 0.6 is 0 Å². The molecule has 0 N–H and O–H groups in total. The molecule has 0 bridgehead atoms. The quantitative estimate of drug-likeness (QED) is 0.653. The van der Waals surface area contributed by atoms with Crippen LogP contribution in [0.4, 0.5) is 4.39 Å². The highest BCUT2D eigenvalue weighted by Gasteiger charge is 2.35. The summed E-state index contributed by atoms with van der Waals surface area (Å²) in [5.74, 6) is -1.13. The fraction of sp³-hybridized carbons (Fsp3) is 0.273. The molecular weight excluding hydrogens is 197 g/mol. The van der Waals surface area contributed by atoms with Crippen molar-refractivity contribution < 1.29 is 14.0 Å². The first-order valence-corrected chi connectivity index (χ1v) is 4.75. The van der Waals surface area contributed by atoms with Crippen LogP contribution in [0.3, 0.4) is 0 Å². The van der Waals surface area contributed by atoms with Crippen molar-refractivity contribution in [3.63, 3.8) is 0 Å². The Balaban J connectivity index is 2.20. The number of carbonyl (C=O) groups is 2. The van der Waals surface area contributed by atoms with Gasteiger partial charge in [0.1, 0.15) is 0 Å². The number of hydrogen-bond donors (Lipinski definition) is 0. The maximum atomic E-state index is 12.9. The minimum Gasteiger partial charge on any atom is -0.276 e. The number of halogens is 1. The predicted molar refractivity (Wildman–Crippen MR) is 52.0 cm³/mol. The molecule has 1 aliphatic rings. The van der Waals surface area contributed by atoms with E-state index < -0.39 is 18.0 Å². The molecule has 2 amide bonds. The van der Waals surface area contributed by atoms with E-state index in [1.807, 2.05) is 0 Å². The summed E-state index contributed by atoms with van der Waals surface area (Å²) < 4.78 is 12.9. The Labute approximate surface area is 86.5 Å². The van der Waals surface area contributed by atoms with Crippen LogP contribution in [0, 0.1) is 0 Å². The molecule has 0 aromatic heterocycles. The summed E-state index contributed by atoms with van der Waals surface area (Å²) in [6.07, 6.45) is -1.41. The third-order valence-corrected chi connectivity index (χ3v) is 2.41. The van der Waals surface area contributed by atoms with Crippen LogP contribution in [-0.2, 0) is 4.79 Å². The maximum Gasteiger partial charge on any atom is 0.264 e. The number of imide groups is 1. The molecule has 1 unspecified atom stereocenters. The fourth-order valence-electron chi connectivity index (χ4n) is 1.58. The van der Waals surface area contributed by atoms with Crippen LogP contribution in [0.5, 0.6) is 0 Å². The van der Waals surface area contributed by atoms with Gasteiger partial charge in [0.2, 0.25) is 0 Å². The average Bonchev–Trinajstić information content (AvgIpc) is 2.60. The van der Waals surface area contributed by atoms with E-state index in [0.717, 1.165) is 4.90 Å². The van der Waals surface area contributed by atoms with Gasteiger partial charge in [0.05, 0.1) is 0 Å². The van der Waals surface area contributed by atoms with Crippen molar-refractivity contribution in [1.82, 2.24) is 4.90 Å². The van der Waals surface area contributed by atoms with Gasteiger partial charge in [-0.1, -0.05) is 18.2 Å². The highest BCUT2D eigenvalue weighted by atomic mass is 19.1. The first-order chi connectivity index (χ1) is 7.20. The normalized spacial score (nSPS) is 20.7. The number of benzene rings is 1. The van der Waals surface area contributed by atoms with Crippen LogP contribution in [0.2, 0.25) is 0 Å². The van der Waals surface area contributed by atoms with Gasteiger partial charge in [-0.3, -0.25) is 14.5 Å². The van der Waals surface area contributed by atoms with Crippen LogP contribution in [0.1, 0.15) is 16.8 Å². The van der Waals surface area contributed by atoms with Gasteiger partial charge in [-0.05, 0) is 12.1 Å². The largest absolute Gasteiger partial charge is 0.276 e. The predicted octanol–water partition coefficient (Wildman–Crippen LogP) is 1.40. The Morgan fingerprint density at radius 1 is 1.33 bits per heavy atom. The van der Waals surface area contributed by atoms with E-state index in [1.165, 1.54) is 0 Å². The third-order valence-electron chi connectivity index (χ3n) is 2.41. The highest BCUT2D eigenvalue weighted by Crippen LogP contribution is 2.17. The molecule has 1 atom stereocenters. The average molecular weight is 207 g/mol.